The van der Waals surface area contributed by atoms with Crippen LogP contribution in [0.3, 0.4) is 0 Å². The van der Waals surface area contributed by atoms with Gasteiger partial charge in [-0.3, -0.25) is 19.7 Å². The van der Waals surface area contributed by atoms with Gasteiger partial charge in [-0.2, -0.15) is 0 Å². The molecule has 2 N–H and O–H groups in total. The van der Waals surface area contributed by atoms with Gasteiger partial charge >= 0.3 is 0 Å². The second-order valence-corrected chi connectivity index (χ2v) is 6.41. The Balaban J connectivity index is 1.89. The predicted octanol–water partition coefficient (Wildman–Crippen LogP) is 4.01. The van der Waals surface area contributed by atoms with Crippen LogP contribution >= 0.6 is 0 Å². The van der Waals surface area contributed by atoms with Crippen LogP contribution < -0.4 is 15.4 Å². The monoisotopic (exact) mass is 417 g/mol. The molecule has 3 aromatic rings. The van der Waals surface area contributed by atoms with Gasteiger partial charge in [0, 0.05) is 23.4 Å². The first-order valence-corrected chi connectivity index (χ1v) is 9.24. The van der Waals surface area contributed by atoms with E-state index in [1.165, 1.54) is 24.3 Å². The Morgan fingerprint density at radius 3 is 2.32 bits per heavy atom. The third-order valence-corrected chi connectivity index (χ3v) is 4.27. The van der Waals surface area contributed by atoms with Gasteiger partial charge in [0.25, 0.3) is 17.5 Å². The molecule has 8 heteroatoms. The van der Waals surface area contributed by atoms with Crippen LogP contribution in [0.2, 0.25) is 0 Å². The topological polar surface area (TPSA) is 111 Å². The lowest BCUT2D eigenvalue weighted by Crippen LogP contribution is -2.30. The molecule has 0 saturated heterocycles. The third-order valence-electron chi connectivity index (χ3n) is 4.27. The van der Waals surface area contributed by atoms with Crippen molar-refractivity contribution in [2.75, 3.05) is 12.4 Å². The first-order chi connectivity index (χ1) is 15.0. The van der Waals surface area contributed by atoms with E-state index in [1.807, 2.05) is 6.07 Å². The number of amides is 2. The molecular weight excluding hydrogens is 398 g/mol. The van der Waals surface area contributed by atoms with E-state index in [0.717, 1.165) is 6.07 Å². The summed E-state index contributed by atoms with van der Waals surface area (Å²) in [5.41, 5.74) is 1.02. The van der Waals surface area contributed by atoms with E-state index in [0.29, 0.717) is 17.0 Å². The summed E-state index contributed by atoms with van der Waals surface area (Å²) in [6.45, 7) is 0. The predicted molar refractivity (Wildman–Crippen MR) is 117 cm³/mol. The first-order valence-electron chi connectivity index (χ1n) is 9.24. The Hall–Kier alpha value is -4.46. The Labute approximate surface area is 178 Å². The summed E-state index contributed by atoms with van der Waals surface area (Å²) in [5, 5.41) is 16.3. The lowest BCUT2D eigenvalue weighted by atomic mass is 10.1. The molecule has 0 aliphatic heterocycles. The van der Waals surface area contributed by atoms with Crippen molar-refractivity contribution in [2.24, 2.45) is 0 Å². The van der Waals surface area contributed by atoms with Crippen LogP contribution in [-0.4, -0.2) is 23.8 Å². The van der Waals surface area contributed by atoms with Gasteiger partial charge in [0.1, 0.15) is 11.4 Å². The van der Waals surface area contributed by atoms with Crippen molar-refractivity contribution in [2.45, 2.75) is 0 Å². The van der Waals surface area contributed by atoms with Crippen LogP contribution in [0, 0.1) is 10.1 Å². The number of nitrogens with one attached hydrogen (secondary N) is 2. The molecule has 3 aromatic carbocycles. The lowest BCUT2D eigenvalue weighted by molar-refractivity contribution is -0.384. The molecule has 0 saturated carbocycles. The lowest BCUT2D eigenvalue weighted by Gasteiger charge is -2.11. The number of benzene rings is 3. The van der Waals surface area contributed by atoms with Crippen molar-refractivity contribution in [3.8, 4) is 5.75 Å². The molecule has 2 amide bonds. The summed E-state index contributed by atoms with van der Waals surface area (Å²) >= 11 is 0. The molecule has 0 aromatic heterocycles. The normalized spacial score (nSPS) is 10.8. The van der Waals surface area contributed by atoms with Gasteiger partial charge in [-0.15, -0.1) is 0 Å². The number of non-ortho nitro benzene ring substituents is 1. The molecule has 0 spiro atoms. The molecule has 0 unspecified atom stereocenters. The van der Waals surface area contributed by atoms with Crippen molar-refractivity contribution in [3.63, 3.8) is 0 Å². The summed E-state index contributed by atoms with van der Waals surface area (Å²) in [6, 6.07) is 21.0. The average Bonchev–Trinajstić information content (AvgIpc) is 2.79. The second-order valence-electron chi connectivity index (χ2n) is 6.41. The molecule has 0 radical (unpaired) electrons. The quantitative estimate of drug-likeness (QED) is 0.343. The molecule has 8 nitrogen and oxygen atoms in total. The Kier molecular flexibility index (Phi) is 6.74. The van der Waals surface area contributed by atoms with Gasteiger partial charge in [0.2, 0.25) is 0 Å². The van der Waals surface area contributed by atoms with Gasteiger partial charge in [-0.25, -0.2) is 0 Å². The number of carbonyl (C=O) groups excluding carboxylic acids is 2. The third kappa shape index (κ3) is 5.77. The molecule has 156 valence electrons. The molecule has 0 bridgehead atoms. The van der Waals surface area contributed by atoms with Gasteiger partial charge in [-0.05, 0) is 42.0 Å². The number of nitro groups is 1. The van der Waals surface area contributed by atoms with Crippen LogP contribution in [0.25, 0.3) is 6.08 Å². The van der Waals surface area contributed by atoms with Crippen LogP contribution in [0.1, 0.15) is 15.9 Å². The van der Waals surface area contributed by atoms with E-state index in [-0.39, 0.29) is 16.9 Å². The molecule has 0 aliphatic carbocycles. The molecule has 0 heterocycles. The van der Waals surface area contributed by atoms with Crippen LogP contribution in [0.5, 0.6) is 5.75 Å². The van der Waals surface area contributed by atoms with Crippen LogP contribution in [0.4, 0.5) is 11.4 Å². The summed E-state index contributed by atoms with van der Waals surface area (Å²) in [6.07, 6.45) is 1.51. The van der Waals surface area contributed by atoms with Gasteiger partial charge in [0.05, 0.1) is 12.0 Å². The maximum atomic E-state index is 12.9. The van der Waals surface area contributed by atoms with Gasteiger partial charge < -0.3 is 15.4 Å². The van der Waals surface area contributed by atoms with E-state index in [9.17, 15) is 19.7 Å². The number of methoxy groups -OCH3 is 1. The smallest absolute Gasteiger partial charge is 0.272 e. The van der Waals surface area contributed by atoms with E-state index in [2.05, 4.69) is 10.6 Å². The van der Waals surface area contributed by atoms with Crippen molar-refractivity contribution >= 4 is 29.3 Å². The molecule has 0 fully saturated rings. The van der Waals surface area contributed by atoms with Crippen LogP contribution in [0.15, 0.2) is 84.6 Å². The summed E-state index contributed by atoms with van der Waals surface area (Å²) in [4.78, 5) is 36.0. The zero-order chi connectivity index (χ0) is 22.2. The van der Waals surface area contributed by atoms with E-state index in [1.54, 1.807) is 55.6 Å². The first kappa shape index (κ1) is 21.3. The number of anilines is 1. The van der Waals surface area contributed by atoms with Crippen molar-refractivity contribution < 1.29 is 19.2 Å². The van der Waals surface area contributed by atoms with E-state index >= 15 is 0 Å². The fourth-order valence-corrected chi connectivity index (χ4v) is 2.70. The number of nitrogens with zero attached hydrogens (tertiary/aromatic N) is 1. The number of para-hydroxylation sites is 1. The molecule has 3 rings (SSSR count). The zero-order valence-corrected chi connectivity index (χ0v) is 16.6. The number of hydrogen-bond acceptors (Lipinski definition) is 5. The standard InChI is InChI=1S/C23H19N3O5/c1-31-20-12-10-16(11-13-20)14-21(23(28)24-18-7-3-2-4-8-18)25-22(27)17-6-5-9-19(15-17)26(29)30/h2-15H,1H3,(H,24,28)(H,25,27)/b21-14+. The number of hydrogen-bond donors (Lipinski definition) is 2. The Bertz CT molecular complexity index is 1130. The fraction of sp³-hybridized carbons (Fsp3) is 0.0435. The minimum atomic E-state index is -0.647. The minimum absolute atomic E-state index is 0.0227. The highest BCUT2D eigenvalue weighted by Gasteiger charge is 2.17. The zero-order valence-electron chi connectivity index (χ0n) is 16.6. The van der Waals surface area contributed by atoms with E-state index in [4.69, 9.17) is 4.74 Å². The highest BCUT2D eigenvalue weighted by atomic mass is 16.6. The number of rotatable bonds is 7. The number of carbonyl (C=O) groups is 2. The van der Waals surface area contributed by atoms with Crippen molar-refractivity contribution in [3.05, 3.63) is 106 Å². The fourth-order valence-electron chi connectivity index (χ4n) is 2.70. The van der Waals surface area contributed by atoms with Crippen molar-refractivity contribution in [1.29, 1.82) is 0 Å². The number of ether oxygens (including phenoxy) is 1. The van der Waals surface area contributed by atoms with Crippen molar-refractivity contribution in [1.82, 2.24) is 5.32 Å². The molecular formula is C23H19N3O5. The summed E-state index contributed by atoms with van der Waals surface area (Å²) in [5.74, 6) is -0.541. The van der Waals surface area contributed by atoms with Gasteiger partial charge in [-0.1, -0.05) is 36.4 Å². The highest BCUT2D eigenvalue weighted by molar-refractivity contribution is 6.10. The molecule has 31 heavy (non-hydrogen) atoms. The summed E-state index contributed by atoms with van der Waals surface area (Å²) in [7, 11) is 1.54. The van der Waals surface area contributed by atoms with Gasteiger partial charge in [0.15, 0.2) is 0 Å². The largest absolute Gasteiger partial charge is 0.497 e. The SMILES string of the molecule is COc1ccc(/C=C(/NC(=O)c2cccc([N+](=O)[O-])c2)C(=O)Nc2ccccc2)cc1. The maximum absolute atomic E-state index is 12.9. The molecule has 0 atom stereocenters. The van der Waals surface area contributed by atoms with Crippen LogP contribution in [-0.2, 0) is 4.79 Å². The maximum Gasteiger partial charge on any atom is 0.272 e. The Morgan fingerprint density at radius 2 is 1.68 bits per heavy atom. The average molecular weight is 417 g/mol. The minimum Gasteiger partial charge on any atom is -0.497 e. The highest BCUT2D eigenvalue weighted by Crippen LogP contribution is 2.16. The summed E-state index contributed by atoms with van der Waals surface area (Å²) < 4.78 is 5.13. The second kappa shape index (κ2) is 9.84. The Morgan fingerprint density at radius 1 is 0.968 bits per heavy atom. The number of nitro benzene ring substituents is 1. The molecule has 0 aliphatic rings. The van der Waals surface area contributed by atoms with E-state index < -0.39 is 16.7 Å².